The summed E-state index contributed by atoms with van der Waals surface area (Å²) in [6, 6.07) is -0.582. The predicted molar refractivity (Wildman–Crippen MR) is 248 cm³/mol. The Morgan fingerprint density at radius 2 is 1.58 bits per heavy atom. The van der Waals surface area contributed by atoms with E-state index in [-0.39, 0.29) is 53.8 Å². The van der Waals surface area contributed by atoms with E-state index in [9.17, 15) is 14.4 Å². The number of carbonyl (C=O) groups is 5. The third-order valence-electron chi connectivity index (χ3n) is 15.3. The Labute approximate surface area is 389 Å². The highest BCUT2D eigenvalue weighted by Crippen LogP contribution is 2.71. The normalized spacial score (nSPS) is 30.9. The number of esters is 2. The smallest absolute Gasteiger partial charge is 0.333 e. The highest BCUT2D eigenvalue weighted by atomic mass is 16.6. The molecule has 1 amide bonds. The van der Waals surface area contributed by atoms with Gasteiger partial charge in [-0.15, -0.1) is 0 Å². The van der Waals surface area contributed by atoms with Gasteiger partial charge in [-0.2, -0.15) is 0 Å². The standard InChI is InChI=1S/C52H69N3O11/c1-31(2)12-11-19-50(8)20-18-35-44(64-50)34(14-13-32(3)4)46-40(45(35)63-39(57)16-15-38(56)54-24-22-53(9)23-25-54)43(58)41-42(55-26-28-62-29-27-55)36-30-37-49(6,7)66-51(47(36)59,52(37,41)65-46)21-17-33(5)48(60)61-10/h12-13,17-18,20,36-37,41-42H,11,14-16,19,21-30H2,1-10H3. The van der Waals surface area contributed by atoms with Crippen molar-refractivity contribution in [3.05, 3.63) is 57.7 Å². The number of nitrogens with zero attached hydrogens (tertiary/aromatic N) is 3. The first-order valence-corrected chi connectivity index (χ1v) is 23.9. The van der Waals surface area contributed by atoms with Gasteiger partial charge in [0.2, 0.25) is 5.91 Å². The van der Waals surface area contributed by atoms with Gasteiger partial charge in [0.05, 0.1) is 43.8 Å². The number of piperazine rings is 1. The first-order chi connectivity index (χ1) is 31.3. The van der Waals surface area contributed by atoms with Crippen molar-refractivity contribution in [2.45, 2.75) is 129 Å². The molecule has 0 radical (unpaired) electrons. The van der Waals surface area contributed by atoms with Crippen LogP contribution in [0.5, 0.6) is 17.2 Å². The first kappa shape index (κ1) is 47.8. The van der Waals surface area contributed by atoms with Crippen LogP contribution in [-0.2, 0) is 39.8 Å². The van der Waals surface area contributed by atoms with E-state index >= 15 is 9.59 Å². The number of morpholine rings is 1. The van der Waals surface area contributed by atoms with Crippen LogP contribution in [0.1, 0.15) is 115 Å². The first-order valence-electron chi connectivity index (χ1n) is 23.9. The predicted octanol–water partition coefficient (Wildman–Crippen LogP) is 6.47. The van der Waals surface area contributed by atoms with E-state index in [1.807, 2.05) is 53.8 Å². The molecule has 3 saturated carbocycles. The van der Waals surface area contributed by atoms with Crippen molar-refractivity contribution >= 4 is 35.5 Å². The number of allylic oxidation sites excluding steroid dienone is 4. The maximum Gasteiger partial charge on any atom is 0.333 e. The molecule has 6 fully saturated rings. The van der Waals surface area contributed by atoms with Gasteiger partial charge in [-0.1, -0.05) is 29.4 Å². The Morgan fingerprint density at radius 1 is 0.879 bits per heavy atom. The van der Waals surface area contributed by atoms with E-state index in [1.165, 1.54) is 12.7 Å². The van der Waals surface area contributed by atoms with Crippen LogP contribution >= 0.6 is 0 Å². The molecule has 1 spiro atoms. The number of fused-ring (bicyclic) bond motifs is 2. The number of methoxy groups -OCH3 is 1. The van der Waals surface area contributed by atoms with Crippen molar-refractivity contribution in [3.63, 3.8) is 0 Å². The van der Waals surface area contributed by atoms with Crippen molar-refractivity contribution in [1.82, 2.24) is 14.7 Å². The minimum atomic E-state index is -1.68. The average Bonchev–Trinajstić information content (AvgIpc) is 3.42. The lowest BCUT2D eigenvalue weighted by Crippen LogP contribution is -2.82. The molecular weight excluding hydrogens is 843 g/mol. The molecule has 9 rings (SSSR count). The number of hydrogen-bond donors (Lipinski definition) is 0. The summed E-state index contributed by atoms with van der Waals surface area (Å²) < 4.78 is 39.3. The Bertz CT molecular complexity index is 2290. The summed E-state index contributed by atoms with van der Waals surface area (Å²) in [5.74, 6) is -3.14. The quantitative estimate of drug-likeness (QED) is 0.0922. The van der Waals surface area contributed by atoms with Crippen molar-refractivity contribution in [2.75, 3.05) is 66.6 Å². The molecule has 5 aliphatic heterocycles. The summed E-state index contributed by atoms with van der Waals surface area (Å²) in [4.78, 5) is 78.7. The van der Waals surface area contributed by atoms with Crippen LogP contribution < -0.4 is 14.2 Å². The Balaban J connectivity index is 1.34. The number of hydrogen-bond acceptors (Lipinski definition) is 13. The average molecular weight is 912 g/mol. The largest absolute Gasteiger partial charge is 0.482 e. The lowest BCUT2D eigenvalue weighted by Gasteiger charge is -2.64. The highest BCUT2D eigenvalue weighted by Gasteiger charge is 2.86. The number of carbonyl (C=O) groups excluding carboxylic acids is 5. The van der Waals surface area contributed by atoms with Crippen LogP contribution in [0.15, 0.2) is 41.0 Å². The maximum atomic E-state index is 16.4. The zero-order valence-corrected chi connectivity index (χ0v) is 40.6. The second-order valence-electron chi connectivity index (χ2n) is 20.7. The summed E-state index contributed by atoms with van der Waals surface area (Å²) in [6.07, 6.45) is 11.6. The number of ether oxygens (including phenoxy) is 6. The van der Waals surface area contributed by atoms with E-state index in [1.54, 1.807) is 17.9 Å². The minimum absolute atomic E-state index is 0.0250. The number of ketones is 2. The molecule has 4 bridgehead atoms. The molecule has 14 heteroatoms. The SMILES string of the molecule is COC(=O)C(C)=CCC12OC(C)(C)C3CC(C1=O)C(N1CCOCC1)C1C(=O)c4c(OC(=O)CCC(=O)N5CCN(C)CC5)c5c(c(CC=C(C)C)c4OC132)OC(C)(CCC=C(C)C)C=C5. The number of amides is 1. The molecule has 8 aliphatic rings. The molecule has 7 atom stereocenters. The molecule has 1 aromatic rings. The molecule has 5 heterocycles. The highest BCUT2D eigenvalue weighted by molar-refractivity contribution is 6.11. The molecule has 358 valence electrons. The second-order valence-corrected chi connectivity index (χ2v) is 20.7. The third-order valence-corrected chi connectivity index (χ3v) is 15.3. The lowest BCUT2D eigenvalue weighted by molar-refractivity contribution is -0.216. The lowest BCUT2D eigenvalue weighted by atomic mass is 9.44. The molecule has 0 aromatic heterocycles. The monoisotopic (exact) mass is 911 g/mol. The molecule has 3 aliphatic carbocycles. The van der Waals surface area contributed by atoms with Crippen LogP contribution in [0, 0.1) is 17.8 Å². The molecule has 7 unspecified atom stereocenters. The summed E-state index contributed by atoms with van der Waals surface area (Å²) in [7, 11) is 3.33. The van der Waals surface area contributed by atoms with Gasteiger partial charge in [0.1, 0.15) is 22.7 Å². The van der Waals surface area contributed by atoms with Crippen LogP contribution in [0.4, 0.5) is 0 Å². The van der Waals surface area contributed by atoms with Gasteiger partial charge in [-0.05, 0) is 100 Å². The summed E-state index contributed by atoms with van der Waals surface area (Å²) >= 11 is 0. The van der Waals surface area contributed by atoms with E-state index < -0.39 is 58.1 Å². The maximum absolute atomic E-state index is 16.4. The zero-order chi connectivity index (χ0) is 47.5. The van der Waals surface area contributed by atoms with Gasteiger partial charge < -0.3 is 38.2 Å². The third kappa shape index (κ3) is 8.17. The van der Waals surface area contributed by atoms with Crippen molar-refractivity contribution in [3.8, 4) is 17.2 Å². The molecular formula is C52H69N3O11. The van der Waals surface area contributed by atoms with Gasteiger partial charge in [0, 0.05) is 81.1 Å². The fourth-order valence-electron chi connectivity index (χ4n) is 11.9. The van der Waals surface area contributed by atoms with E-state index in [0.717, 1.165) is 25.1 Å². The number of rotatable bonds is 13. The van der Waals surface area contributed by atoms with Gasteiger partial charge in [0.15, 0.2) is 28.5 Å². The molecule has 14 nitrogen and oxygen atoms in total. The number of likely N-dealkylation sites (N-methyl/N-ethyl adjacent to an activating group) is 1. The zero-order valence-electron chi connectivity index (χ0n) is 40.6. The topological polar surface area (TPSA) is 150 Å². The van der Waals surface area contributed by atoms with Crippen molar-refractivity contribution in [2.24, 2.45) is 17.8 Å². The summed E-state index contributed by atoms with van der Waals surface area (Å²) in [5, 5.41) is 0. The Hall–Kier alpha value is -4.63. The van der Waals surface area contributed by atoms with Gasteiger partial charge in [0.25, 0.3) is 0 Å². The molecule has 1 aromatic carbocycles. The van der Waals surface area contributed by atoms with Crippen LogP contribution in [0.25, 0.3) is 6.08 Å². The van der Waals surface area contributed by atoms with Crippen molar-refractivity contribution in [1.29, 1.82) is 0 Å². The molecule has 3 saturated heterocycles. The van der Waals surface area contributed by atoms with E-state index in [2.05, 4.69) is 35.8 Å². The van der Waals surface area contributed by atoms with Gasteiger partial charge in [-0.25, -0.2) is 4.79 Å². The Morgan fingerprint density at radius 3 is 2.24 bits per heavy atom. The fraction of sp³-hybridized carbons (Fsp3) is 0.635. The van der Waals surface area contributed by atoms with Crippen LogP contribution in [0.2, 0.25) is 0 Å². The molecule has 0 N–H and O–H groups in total. The van der Waals surface area contributed by atoms with Crippen LogP contribution in [-0.4, -0.2) is 139 Å². The van der Waals surface area contributed by atoms with E-state index in [0.29, 0.717) is 81.1 Å². The van der Waals surface area contributed by atoms with Crippen molar-refractivity contribution < 1.29 is 52.4 Å². The van der Waals surface area contributed by atoms with E-state index in [4.69, 9.17) is 28.4 Å². The van der Waals surface area contributed by atoms with Gasteiger partial charge >= 0.3 is 11.9 Å². The fourth-order valence-corrected chi connectivity index (χ4v) is 11.9. The number of Topliss-reactive ketones (excluding diaryl/α,β-unsaturated/α-hetero) is 2. The summed E-state index contributed by atoms with van der Waals surface area (Å²) in [5.41, 5.74) is -1.27. The Kier molecular flexibility index (Phi) is 13.1. The van der Waals surface area contributed by atoms with Gasteiger partial charge in [-0.3, -0.25) is 24.1 Å². The molecule has 66 heavy (non-hydrogen) atoms. The van der Waals surface area contributed by atoms with Crippen LogP contribution in [0.3, 0.4) is 0 Å². The number of benzene rings is 1. The minimum Gasteiger partial charge on any atom is -0.482 e. The second kappa shape index (κ2) is 18.1. The summed E-state index contributed by atoms with van der Waals surface area (Å²) in [6.45, 7) is 20.2.